The molecule has 0 radical (unpaired) electrons. The maximum Gasteiger partial charge on any atom is 0.261 e. The highest BCUT2D eigenvalue weighted by Gasteiger charge is 2.44. The zero-order chi connectivity index (χ0) is 17.5. The first-order chi connectivity index (χ1) is 11.3. The van der Waals surface area contributed by atoms with E-state index in [4.69, 9.17) is 11.6 Å². The molecule has 1 aromatic heterocycles. The van der Waals surface area contributed by atoms with E-state index in [1.807, 2.05) is 0 Å². The summed E-state index contributed by atoms with van der Waals surface area (Å²) in [5.74, 6) is -2.28. The number of carbonyl (C=O) groups excluding carboxylic acids is 2. The Morgan fingerprint density at radius 1 is 1.46 bits per heavy atom. The second-order valence-electron chi connectivity index (χ2n) is 5.75. The lowest BCUT2D eigenvalue weighted by Crippen LogP contribution is -2.40. The lowest BCUT2D eigenvalue weighted by Gasteiger charge is -2.19. The Kier molecular flexibility index (Phi) is 4.31. The van der Waals surface area contributed by atoms with Crippen molar-refractivity contribution < 1.29 is 18.0 Å². The molecule has 10 heteroatoms. The van der Waals surface area contributed by atoms with Gasteiger partial charge in [-0.1, -0.05) is 11.6 Å². The van der Waals surface area contributed by atoms with Gasteiger partial charge >= 0.3 is 0 Å². The number of hydrogen-bond acceptors (Lipinski definition) is 6. The average molecular weight is 371 g/mol. The van der Waals surface area contributed by atoms with Crippen LogP contribution in [0.2, 0.25) is 5.15 Å². The Labute approximate surface area is 143 Å². The number of amides is 2. The Bertz CT molecular complexity index is 839. The van der Waals surface area contributed by atoms with Crippen molar-refractivity contribution in [3.63, 3.8) is 0 Å². The van der Waals surface area contributed by atoms with Crippen LogP contribution in [0.25, 0.3) is 0 Å². The number of sulfone groups is 1. The third-order valence-corrected chi connectivity index (χ3v) is 6.04. The van der Waals surface area contributed by atoms with Crippen LogP contribution < -0.4 is 5.32 Å². The topological polar surface area (TPSA) is 109 Å². The van der Waals surface area contributed by atoms with Crippen LogP contribution in [0.3, 0.4) is 0 Å². The van der Waals surface area contributed by atoms with Crippen molar-refractivity contribution in [3.8, 4) is 0 Å². The fourth-order valence-corrected chi connectivity index (χ4v) is 4.66. The van der Waals surface area contributed by atoms with Gasteiger partial charge in [-0.25, -0.2) is 18.4 Å². The van der Waals surface area contributed by atoms with Crippen molar-refractivity contribution in [2.45, 2.75) is 19.4 Å². The fraction of sp³-hybridized carbons (Fsp3) is 0.429. The molecule has 3 rings (SSSR count). The van der Waals surface area contributed by atoms with Gasteiger partial charge < -0.3 is 5.32 Å². The molecule has 0 saturated carbocycles. The van der Waals surface area contributed by atoms with Crippen LogP contribution in [0.1, 0.15) is 13.3 Å². The second kappa shape index (κ2) is 6.14. The van der Waals surface area contributed by atoms with Crippen molar-refractivity contribution in [1.82, 2.24) is 9.99 Å². The molecule has 0 spiro atoms. The van der Waals surface area contributed by atoms with Gasteiger partial charge in [0.25, 0.3) is 5.91 Å². The van der Waals surface area contributed by atoms with Crippen LogP contribution >= 0.6 is 11.6 Å². The Morgan fingerprint density at radius 3 is 2.83 bits per heavy atom. The number of nitrogens with zero attached hydrogens (tertiary/aromatic N) is 3. The number of aromatic nitrogens is 1. The Balaban J connectivity index is 1.76. The number of rotatable bonds is 3. The molecule has 2 amide bonds. The van der Waals surface area contributed by atoms with Crippen molar-refractivity contribution in [2.75, 3.05) is 16.8 Å². The highest BCUT2D eigenvalue weighted by atomic mass is 35.5. The lowest BCUT2D eigenvalue weighted by atomic mass is 10.0. The zero-order valence-electron chi connectivity index (χ0n) is 12.8. The van der Waals surface area contributed by atoms with Crippen LogP contribution in [-0.4, -0.2) is 53.5 Å². The van der Waals surface area contributed by atoms with Gasteiger partial charge in [-0.3, -0.25) is 9.59 Å². The first-order valence-corrected chi connectivity index (χ1v) is 9.48. The van der Waals surface area contributed by atoms with Gasteiger partial charge in [-0.05, 0) is 25.5 Å². The molecule has 0 aliphatic carbocycles. The van der Waals surface area contributed by atoms with E-state index in [1.54, 1.807) is 19.1 Å². The smallest absolute Gasteiger partial charge is 0.261 e. The summed E-state index contributed by atoms with van der Waals surface area (Å²) in [5.41, 5.74) is 0.619. The normalized spacial score (nSPS) is 25.7. The summed E-state index contributed by atoms with van der Waals surface area (Å²) in [6, 6.07) is 2.66. The molecular weight excluding hydrogens is 356 g/mol. The Morgan fingerprint density at radius 2 is 2.21 bits per heavy atom. The van der Waals surface area contributed by atoms with Crippen LogP contribution in [0, 0.1) is 5.92 Å². The first kappa shape index (κ1) is 16.8. The van der Waals surface area contributed by atoms with Crippen molar-refractivity contribution in [1.29, 1.82) is 0 Å². The minimum atomic E-state index is -3.16. The van der Waals surface area contributed by atoms with E-state index in [1.165, 1.54) is 6.20 Å². The van der Waals surface area contributed by atoms with E-state index in [9.17, 15) is 18.0 Å². The Hall–Kier alpha value is -2.00. The maximum atomic E-state index is 12.5. The van der Waals surface area contributed by atoms with Gasteiger partial charge in [0.1, 0.15) is 0 Å². The van der Waals surface area contributed by atoms with Gasteiger partial charge in [-0.2, -0.15) is 5.10 Å². The van der Waals surface area contributed by atoms with Crippen molar-refractivity contribution in [3.05, 3.63) is 23.5 Å². The molecule has 1 N–H and O–H groups in total. The number of pyridine rings is 1. The number of hydrogen-bond donors (Lipinski definition) is 1. The summed E-state index contributed by atoms with van der Waals surface area (Å²) in [6.07, 6.45) is 1.81. The van der Waals surface area contributed by atoms with Gasteiger partial charge in [0.2, 0.25) is 5.91 Å². The number of hydrazone groups is 1. The summed E-state index contributed by atoms with van der Waals surface area (Å²) >= 11 is 5.89. The summed E-state index contributed by atoms with van der Waals surface area (Å²) < 4.78 is 23.2. The van der Waals surface area contributed by atoms with E-state index in [2.05, 4.69) is 15.4 Å². The highest BCUT2D eigenvalue weighted by molar-refractivity contribution is 7.91. The largest absolute Gasteiger partial charge is 0.322 e. The number of anilines is 1. The molecule has 2 aliphatic rings. The summed E-state index contributed by atoms with van der Waals surface area (Å²) in [5, 5.41) is 7.92. The lowest BCUT2D eigenvalue weighted by molar-refractivity contribution is -0.137. The molecule has 2 aliphatic heterocycles. The molecule has 1 saturated heterocycles. The van der Waals surface area contributed by atoms with Gasteiger partial charge in [-0.15, -0.1) is 0 Å². The van der Waals surface area contributed by atoms with E-state index in [0.717, 1.165) is 5.01 Å². The minimum absolute atomic E-state index is 0.0260. The molecule has 24 heavy (non-hydrogen) atoms. The standard InChI is InChI=1S/C14H15ClN4O4S/c1-8-11(13(20)17-10-3-2-5-16-12(10)15)14(21)19(18-8)9-4-6-24(22,23)7-9/h2-3,5,9,11H,4,6-7H2,1H3,(H,17,20)/t9-,11-/m1/s1. The number of halogens is 1. The first-order valence-electron chi connectivity index (χ1n) is 7.28. The maximum absolute atomic E-state index is 12.5. The van der Waals surface area contributed by atoms with Crippen molar-refractivity contribution >= 4 is 44.7 Å². The summed E-state index contributed by atoms with van der Waals surface area (Å²) in [6.45, 7) is 1.57. The van der Waals surface area contributed by atoms with Crippen LogP contribution in [0.4, 0.5) is 5.69 Å². The number of nitrogens with one attached hydrogen (secondary N) is 1. The van der Waals surface area contributed by atoms with Crippen LogP contribution in [0.5, 0.6) is 0 Å². The summed E-state index contributed by atoms with van der Waals surface area (Å²) in [4.78, 5) is 28.8. The molecule has 128 valence electrons. The number of carbonyl (C=O) groups is 2. The third-order valence-electron chi connectivity index (χ3n) is 3.99. The molecule has 3 heterocycles. The van der Waals surface area contributed by atoms with E-state index < -0.39 is 33.6 Å². The molecule has 1 fully saturated rings. The van der Waals surface area contributed by atoms with E-state index in [0.29, 0.717) is 17.8 Å². The third kappa shape index (κ3) is 3.13. The average Bonchev–Trinajstić information content (AvgIpc) is 3.00. The molecule has 8 nitrogen and oxygen atoms in total. The highest BCUT2D eigenvalue weighted by Crippen LogP contribution is 2.26. The van der Waals surface area contributed by atoms with E-state index in [-0.39, 0.29) is 16.7 Å². The monoisotopic (exact) mass is 370 g/mol. The molecule has 2 atom stereocenters. The predicted molar refractivity (Wildman–Crippen MR) is 88.4 cm³/mol. The van der Waals surface area contributed by atoms with Gasteiger partial charge in [0.05, 0.1) is 28.9 Å². The molecule has 0 unspecified atom stereocenters. The summed E-state index contributed by atoms with van der Waals surface area (Å²) in [7, 11) is -3.16. The van der Waals surface area contributed by atoms with Crippen LogP contribution in [-0.2, 0) is 19.4 Å². The fourth-order valence-electron chi connectivity index (χ4n) is 2.80. The quantitative estimate of drug-likeness (QED) is 0.622. The molecule has 0 aromatic carbocycles. The second-order valence-corrected chi connectivity index (χ2v) is 8.33. The SMILES string of the molecule is CC1=NN([C@@H]2CCS(=O)(=O)C2)C(=O)[C@H]1C(=O)Nc1cccnc1Cl. The predicted octanol–water partition coefficient (Wildman–Crippen LogP) is 0.695. The van der Waals surface area contributed by atoms with Crippen molar-refractivity contribution in [2.24, 2.45) is 11.0 Å². The molecule has 1 aromatic rings. The van der Waals surface area contributed by atoms with Gasteiger partial charge in [0.15, 0.2) is 20.9 Å². The van der Waals surface area contributed by atoms with Crippen LogP contribution in [0.15, 0.2) is 23.4 Å². The molecule has 0 bridgehead atoms. The minimum Gasteiger partial charge on any atom is -0.322 e. The molecular formula is C14H15ClN4O4S. The van der Waals surface area contributed by atoms with E-state index >= 15 is 0 Å². The zero-order valence-corrected chi connectivity index (χ0v) is 14.3. The van der Waals surface area contributed by atoms with Gasteiger partial charge in [0, 0.05) is 6.20 Å².